The average Bonchev–Trinajstić information content (AvgIpc) is 2.49. The van der Waals surface area contributed by atoms with Crippen LogP contribution >= 0.6 is 11.3 Å². The molecule has 0 unspecified atom stereocenters. The van der Waals surface area contributed by atoms with Gasteiger partial charge in [-0.25, -0.2) is 0 Å². The highest BCUT2D eigenvalue weighted by Crippen LogP contribution is 2.27. The number of rotatable bonds is 2. The van der Waals surface area contributed by atoms with Crippen LogP contribution in [0.15, 0.2) is 23.1 Å². The van der Waals surface area contributed by atoms with E-state index in [0.29, 0.717) is 6.61 Å². The molecule has 0 aliphatic rings. The van der Waals surface area contributed by atoms with Crippen LogP contribution in [0.4, 0.5) is 0 Å². The van der Waals surface area contributed by atoms with Crippen molar-refractivity contribution in [1.29, 1.82) is 0 Å². The summed E-state index contributed by atoms with van der Waals surface area (Å²) >= 11 is 1.38. The van der Waals surface area contributed by atoms with Crippen molar-refractivity contribution in [3.8, 4) is 5.06 Å². The molecule has 68 valence electrons. The van der Waals surface area contributed by atoms with E-state index >= 15 is 0 Å². The van der Waals surface area contributed by atoms with Gasteiger partial charge in [-0.05, 0) is 6.92 Å². The zero-order valence-electron chi connectivity index (χ0n) is 7.16. The molecule has 0 saturated heterocycles. The summed E-state index contributed by atoms with van der Waals surface area (Å²) in [6, 6.07) is 3.37. The summed E-state index contributed by atoms with van der Waals surface area (Å²) in [7, 11) is 0. The summed E-state index contributed by atoms with van der Waals surface area (Å²) in [4.78, 5) is 14.3. The Kier molecular flexibility index (Phi) is 2.06. The standard InChI is InChI=1S/C9H9NO2S/c1-2-12-8-5-6-9(13-8)7(11)3-4-10-6/h3-5H,2H2,1H3,(H,10,11). The minimum atomic E-state index is 0.0460. The van der Waals surface area contributed by atoms with Crippen molar-refractivity contribution < 1.29 is 4.74 Å². The van der Waals surface area contributed by atoms with Crippen LogP contribution in [0, 0.1) is 0 Å². The number of hydrogen-bond donors (Lipinski definition) is 1. The van der Waals surface area contributed by atoms with Crippen LogP contribution in [0.25, 0.3) is 10.2 Å². The second-order valence-electron chi connectivity index (χ2n) is 2.58. The zero-order chi connectivity index (χ0) is 9.26. The fourth-order valence-electron chi connectivity index (χ4n) is 1.15. The highest BCUT2D eigenvalue weighted by atomic mass is 32.1. The van der Waals surface area contributed by atoms with Crippen LogP contribution in [0.2, 0.25) is 0 Å². The maximum absolute atomic E-state index is 11.3. The summed E-state index contributed by atoms with van der Waals surface area (Å²) in [5.41, 5.74) is 0.894. The fourth-order valence-corrected chi connectivity index (χ4v) is 2.11. The Morgan fingerprint density at radius 3 is 3.15 bits per heavy atom. The molecule has 0 radical (unpaired) electrons. The molecule has 4 heteroatoms. The van der Waals surface area contributed by atoms with Gasteiger partial charge in [0.1, 0.15) is 4.70 Å². The first-order valence-electron chi connectivity index (χ1n) is 4.05. The summed E-state index contributed by atoms with van der Waals surface area (Å²) in [5.74, 6) is 0. The van der Waals surface area contributed by atoms with Crippen molar-refractivity contribution >= 4 is 21.6 Å². The molecule has 0 saturated carbocycles. The molecular formula is C9H9NO2S. The van der Waals surface area contributed by atoms with Crippen LogP contribution < -0.4 is 10.2 Å². The fraction of sp³-hybridized carbons (Fsp3) is 0.222. The Morgan fingerprint density at radius 2 is 2.46 bits per heavy atom. The van der Waals surface area contributed by atoms with Gasteiger partial charge in [0.2, 0.25) is 0 Å². The third kappa shape index (κ3) is 1.45. The molecule has 0 spiro atoms. The maximum atomic E-state index is 11.3. The number of fused-ring (bicyclic) bond motifs is 1. The lowest BCUT2D eigenvalue weighted by molar-refractivity contribution is 0.350. The van der Waals surface area contributed by atoms with Crippen molar-refractivity contribution in [2.45, 2.75) is 6.92 Å². The first kappa shape index (κ1) is 8.31. The summed E-state index contributed by atoms with van der Waals surface area (Å²) in [6.07, 6.45) is 1.65. The predicted octanol–water partition coefficient (Wildman–Crippen LogP) is 1.99. The molecule has 0 aliphatic carbocycles. The molecule has 2 rings (SSSR count). The molecule has 0 bridgehead atoms. The second kappa shape index (κ2) is 3.22. The quantitative estimate of drug-likeness (QED) is 0.796. The SMILES string of the molecule is CCOc1cc2[nH]ccc(=O)c2s1. The first-order valence-corrected chi connectivity index (χ1v) is 4.87. The molecular weight excluding hydrogens is 186 g/mol. The van der Waals surface area contributed by atoms with Crippen LogP contribution in [0.5, 0.6) is 5.06 Å². The lowest BCUT2D eigenvalue weighted by Crippen LogP contribution is -1.95. The van der Waals surface area contributed by atoms with Gasteiger partial charge < -0.3 is 9.72 Å². The molecule has 2 aromatic rings. The molecule has 0 aromatic carbocycles. The molecule has 3 nitrogen and oxygen atoms in total. The molecule has 0 atom stereocenters. The molecule has 0 fully saturated rings. The molecule has 13 heavy (non-hydrogen) atoms. The van der Waals surface area contributed by atoms with Gasteiger partial charge in [-0.1, -0.05) is 11.3 Å². The Labute approximate surface area is 79.0 Å². The van der Waals surface area contributed by atoms with Crippen molar-refractivity contribution in [3.05, 3.63) is 28.6 Å². The highest BCUT2D eigenvalue weighted by molar-refractivity contribution is 7.20. The topological polar surface area (TPSA) is 42.1 Å². The zero-order valence-corrected chi connectivity index (χ0v) is 7.98. The number of pyridine rings is 1. The molecule has 0 aliphatic heterocycles. The van der Waals surface area contributed by atoms with E-state index < -0.39 is 0 Å². The van der Waals surface area contributed by atoms with Crippen LogP contribution in [0.1, 0.15) is 6.92 Å². The van der Waals surface area contributed by atoms with E-state index in [0.717, 1.165) is 15.3 Å². The highest BCUT2D eigenvalue weighted by Gasteiger charge is 2.04. The lowest BCUT2D eigenvalue weighted by Gasteiger charge is -1.93. The van der Waals surface area contributed by atoms with Crippen molar-refractivity contribution in [2.24, 2.45) is 0 Å². The third-order valence-corrected chi connectivity index (χ3v) is 2.76. The number of ether oxygens (including phenoxy) is 1. The predicted molar refractivity (Wildman–Crippen MR) is 53.6 cm³/mol. The van der Waals surface area contributed by atoms with Gasteiger partial charge in [-0.3, -0.25) is 4.79 Å². The van der Waals surface area contributed by atoms with E-state index in [1.54, 1.807) is 6.20 Å². The summed E-state index contributed by atoms with van der Waals surface area (Å²) in [5, 5.41) is 0.789. The van der Waals surface area contributed by atoms with Gasteiger partial charge in [0.05, 0.1) is 12.1 Å². The van der Waals surface area contributed by atoms with Crippen LogP contribution in [0.3, 0.4) is 0 Å². The van der Waals surface area contributed by atoms with Gasteiger partial charge >= 0.3 is 0 Å². The minimum Gasteiger partial charge on any atom is -0.484 e. The number of H-pyrrole nitrogens is 1. The van der Waals surface area contributed by atoms with Gasteiger partial charge in [0.15, 0.2) is 10.5 Å². The van der Waals surface area contributed by atoms with Gasteiger partial charge in [-0.2, -0.15) is 0 Å². The van der Waals surface area contributed by atoms with Crippen molar-refractivity contribution in [3.63, 3.8) is 0 Å². The monoisotopic (exact) mass is 195 g/mol. The van der Waals surface area contributed by atoms with E-state index in [1.165, 1.54) is 17.4 Å². The first-order chi connectivity index (χ1) is 6.31. The molecule has 0 amide bonds. The van der Waals surface area contributed by atoms with E-state index in [4.69, 9.17) is 4.74 Å². The third-order valence-electron chi connectivity index (χ3n) is 1.69. The van der Waals surface area contributed by atoms with Crippen LogP contribution in [-0.2, 0) is 0 Å². The normalized spacial score (nSPS) is 10.5. The van der Waals surface area contributed by atoms with E-state index in [1.807, 2.05) is 13.0 Å². The van der Waals surface area contributed by atoms with E-state index in [-0.39, 0.29) is 5.43 Å². The number of hydrogen-bond acceptors (Lipinski definition) is 3. The number of nitrogens with one attached hydrogen (secondary N) is 1. The van der Waals surface area contributed by atoms with Gasteiger partial charge in [0.25, 0.3) is 0 Å². The molecule has 1 N–H and O–H groups in total. The molecule has 2 aromatic heterocycles. The number of aromatic amines is 1. The minimum absolute atomic E-state index is 0.0460. The number of aromatic nitrogens is 1. The second-order valence-corrected chi connectivity index (χ2v) is 3.60. The Bertz CT molecular complexity index is 472. The van der Waals surface area contributed by atoms with Crippen molar-refractivity contribution in [1.82, 2.24) is 4.98 Å². The Balaban J connectivity index is 2.62. The van der Waals surface area contributed by atoms with Gasteiger partial charge in [0, 0.05) is 18.3 Å². The summed E-state index contributed by atoms with van der Waals surface area (Å²) < 4.78 is 6.03. The largest absolute Gasteiger partial charge is 0.484 e. The molecule has 2 heterocycles. The van der Waals surface area contributed by atoms with Gasteiger partial charge in [-0.15, -0.1) is 0 Å². The van der Waals surface area contributed by atoms with E-state index in [9.17, 15) is 4.79 Å². The van der Waals surface area contributed by atoms with E-state index in [2.05, 4.69) is 4.98 Å². The van der Waals surface area contributed by atoms with Crippen LogP contribution in [-0.4, -0.2) is 11.6 Å². The Hall–Kier alpha value is -1.29. The maximum Gasteiger partial charge on any atom is 0.199 e. The average molecular weight is 195 g/mol. The lowest BCUT2D eigenvalue weighted by atomic mass is 10.4. The Morgan fingerprint density at radius 1 is 1.62 bits per heavy atom. The van der Waals surface area contributed by atoms with Crippen molar-refractivity contribution in [2.75, 3.05) is 6.61 Å². The smallest absolute Gasteiger partial charge is 0.199 e. The number of thiophene rings is 1. The summed E-state index contributed by atoms with van der Waals surface area (Å²) in [6.45, 7) is 2.55.